The molecule has 1 aromatic rings. The second-order valence-corrected chi connectivity index (χ2v) is 8.70. The van der Waals surface area contributed by atoms with Crippen LogP contribution in [0.4, 0.5) is 9.18 Å². The quantitative estimate of drug-likeness (QED) is 0.594. The molecule has 0 radical (unpaired) electrons. The first-order chi connectivity index (χ1) is 12.8. The van der Waals surface area contributed by atoms with E-state index in [9.17, 15) is 19.1 Å². The van der Waals surface area contributed by atoms with E-state index in [4.69, 9.17) is 9.47 Å². The summed E-state index contributed by atoms with van der Waals surface area (Å²) in [6, 6.07) is 2.95. The number of halogens is 1. The molecule has 0 N–H and O–H groups in total. The predicted octanol–water partition coefficient (Wildman–Crippen LogP) is 3.56. The summed E-state index contributed by atoms with van der Waals surface area (Å²) in [4.78, 5) is 23.5. The van der Waals surface area contributed by atoms with Gasteiger partial charge in [-0.3, -0.25) is 0 Å². The maximum absolute atomic E-state index is 14.0. The summed E-state index contributed by atoms with van der Waals surface area (Å²) in [6.07, 6.45) is 4.57. The SMILES string of the molecule is CC(C)C1(OC(=O)Oc2cc(C(=O)[O-])ccc2F)C2CC3CC(C2)CC1C3. The molecule has 0 spiro atoms. The Kier molecular flexibility index (Phi) is 4.40. The minimum absolute atomic E-state index is 0.124. The van der Waals surface area contributed by atoms with Gasteiger partial charge < -0.3 is 19.4 Å². The van der Waals surface area contributed by atoms with Gasteiger partial charge in [0.1, 0.15) is 5.60 Å². The maximum atomic E-state index is 14.0. The van der Waals surface area contributed by atoms with Crippen molar-refractivity contribution < 1.29 is 28.6 Å². The van der Waals surface area contributed by atoms with Crippen LogP contribution >= 0.6 is 0 Å². The van der Waals surface area contributed by atoms with E-state index in [1.54, 1.807) is 0 Å². The van der Waals surface area contributed by atoms with Gasteiger partial charge in [0.25, 0.3) is 0 Å². The highest BCUT2D eigenvalue weighted by atomic mass is 19.1. The lowest BCUT2D eigenvalue weighted by molar-refractivity contribution is -0.255. The van der Waals surface area contributed by atoms with Gasteiger partial charge in [-0.25, -0.2) is 9.18 Å². The van der Waals surface area contributed by atoms with Gasteiger partial charge in [0.2, 0.25) is 0 Å². The first-order valence-electron chi connectivity index (χ1n) is 9.71. The largest absolute Gasteiger partial charge is 0.545 e. The van der Waals surface area contributed by atoms with E-state index in [-0.39, 0.29) is 11.5 Å². The Balaban J connectivity index is 1.56. The number of carbonyl (C=O) groups is 2. The number of aromatic carboxylic acids is 1. The van der Waals surface area contributed by atoms with Crippen molar-refractivity contribution >= 4 is 12.1 Å². The number of hydrogen-bond acceptors (Lipinski definition) is 5. The van der Waals surface area contributed by atoms with Gasteiger partial charge in [-0.15, -0.1) is 0 Å². The fourth-order valence-corrected chi connectivity index (χ4v) is 6.11. The first-order valence-corrected chi connectivity index (χ1v) is 9.71. The molecule has 0 aliphatic heterocycles. The third-order valence-corrected chi connectivity index (χ3v) is 6.94. The molecule has 0 amide bonds. The Morgan fingerprint density at radius 2 is 1.70 bits per heavy atom. The Morgan fingerprint density at radius 1 is 1.11 bits per heavy atom. The van der Waals surface area contributed by atoms with Crippen LogP contribution in [0.5, 0.6) is 5.75 Å². The van der Waals surface area contributed by atoms with Crippen molar-refractivity contribution in [3.05, 3.63) is 29.6 Å². The molecule has 4 aliphatic carbocycles. The normalized spacial score (nSPS) is 33.9. The zero-order chi connectivity index (χ0) is 19.3. The number of carbonyl (C=O) groups excluding carboxylic acids is 2. The summed E-state index contributed by atoms with van der Waals surface area (Å²) in [5.41, 5.74) is -0.847. The van der Waals surface area contributed by atoms with Crippen LogP contribution in [-0.4, -0.2) is 17.7 Å². The highest BCUT2D eigenvalue weighted by molar-refractivity contribution is 5.86. The fraction of sp³-hybridized carbons (Fsp3) is 0.619. The lowest BCUT2D eigenvalue weighted by atomic mass is 9.47. The number of carboxylic acid groups (broad SMARTS) is 1. The molecule has 0 aromatic heterocycles. The molecule has 0 atom stereocenters. The molecule has 5 rings (SSSR count). The third-order valence-electron chi connectivity index (χ3n) is 6.94. The number of benzene rings is 1. The van der Waals surface area contributed by atoms with Crippen LogP contribution in [-0.2, 0) is 4.74 Å². The van der Waals surface area contributed by atoms with Crippen LogP contribution in [0.1, 0.15) is 56.3 Å². The van der Waals surface area contributed by atoms with E-state index >= 15 is 0 Å². The summed E-state index contributed by atoms with van der Waals surface area (Å²) in [5, 5.41) is 11.0. The van der Waals surface area contributed by atoms with Crippen molar-refractivity contribution in [1.29, 1.82) is 0 Å². The molecule has 146 valence electrons. The second kappa shape index (κ2) is 6.50. The van der Waals surface area contributed by atoms with E-state index in [1.807, 2.05) is 0 Å². The zero-order valence-corrected chi connectivity index (χ0v) is 15.6. The Bertz CT molecular complexity index is 744. The van der Waals surface area contributed by atoms with E-state index in [1.165, 1.54) is 6.42 Å². The molecule has 0 saturated heterocycles. The summed E-state index contributed by atoms with van der Waals surface area (Å²) >= 11 is 0. The van der Waals surface area contributed by atoms with Gasteiger partial charge in [-0.05, 0) is 79.9 Å². The topological polar surface area (TPSA) is 75.7 Å². The van der Waals surface area contributed by atoms with Crippen molar-refractivity contribution in [3.8, 4) is 5.75 Å². The summed E-state index contributed by atoms with van der Waals surface area (Å²) < 4.78 is 25.0. The second-order valence-electron chi connectivity index (χ2n) is 8.70. The zero-order valence-electron chi connectivity index (χ0n) is 15.6. The van der Waals surface area contributed by atoms with E-state index < -0.39 is 29.3 Å². The van der Waals surface area contributed by atoms with Crippen molar-refractivity contribution in [2.45, 2.75) is 51.6 Å². The number of rotatable bonds is 4. The summed E-state index contributed by atoms with van der Waals surface area (Å²) in [6.45, 7) is 4.12. The molecule has 4 bridgehead atoms. The number of hydrogen-bond donors (Lipinski definition) is 0. The van der Waals surface area contributed by atoms with Crippen molar-refractivity contribution in [3.63, 3.8) is 0 Å². The standard InChI is InChI=1S/C21H25FO5/c1-11(2)21(15-6-12-5-13(8-15)9-16(21)7-12)27-20(25)26-18-10-14(19(23)24)3-4-17(18)22/h3-4,10-13,15-16H,5-9H2,1-2H3,(H,23,24)/p-1. The minimum atomic E-state index is -1.46. The molecule has 4 aliphatic rings. The average molecular weight is 375 g/mol. The molecule has 0 unspecified atom stereocenters. The molecular formula is C21H24FO5-. The lowest BCUT2D eigenvalue weighted by Crippen LogP contribution is -2.62. The maximum Gasteiger partial charge on any atom is 0.514 e. The van der Waals surface area contributed by atoms with Crippen molar-refractivity contribution in [2.75, 3.05) is 0 Å². The number of ether oxygens (including phenoxy) is 2. The van der Waals surface area contributed by atoms with Crippen LogP contribution < -0.4 is 9.84 Å². The Labute approximate surface area is 157 Å². The van der Waals surface area contributed by atoms with Crippen LogP contribution in [0.15, 0.2) is 18.2 Å². The molecule has 6 heteroatoms. The highest BCUT2D eigenvalue weighted by Crippen LogP contribution is 2.61. The summed E-state index contributed by atoms with van der Waals surface area (Å²) in [5.74, 6) is -0.564. The average Bonchev–Trinajstić information content (AvgIpc) is 2.59. The third kappa shape index (κ3) is 2.99. The smallest absolute Gasteiger partial charge is 0.514 e. The molecule has 5 nitrogen and oxygen atoms in total. The molecule has 27 heavy (non-hydrogen) atoms. The van der Waals surface area contributed by atoms with Gasteiger partial charge in [-0.2, -0.15) is 0 Å². The van der Waals surface area contributed by atoms with Crippen LogP contribution in [0.3, 0.4) is 0 Å². The van der Waals surface area contributed by atoms with Crippen LogP contribution in [0.25, 0.3) is 0 Å². The molecule has 4 fully saturated rings. The van der Waals surface area contributed by atoms with Crippen molar-refractivity contribution in [2.24, 2.45) is 29.6 Å². The predicted molar refractivity (Wildman–Crippen MR) is 92.5 cm³/mol. The highest BCUT2D eigenvalue weighted by Gasteiger charge is 2.61. The first kappa shape index (κ1) is 18.3. The minimum Gasteiger partial charge on any atom is -0.545 e. The summed E-state index contributed by atoms with van der Waals surface area (Å²) in [7, 11) is 0. The van der Waals surface area contributed by atoms with Crippen LogP contribution in [0.2, 0.25) is 0 Å². The molecule has 1 aromatic carbocycles. The van der Waals surface area contributed by atoms with Gasteiger partial charge in [-0.1, -0.05) is 13.8 Å². The molecule has 4 saturated carbocycles. The lowest BCUT2D eigenvalue weighted by Gasteiger charge is -2.61. The Hall–Kier alpha value is -2.11. The monoisotopic (exact) mass is 375 g/mol. The van der Waals surface area contributed by atoms with Gasteiger partial charge in [0.15, 0.2) is 11.6 Å². The van der Waals surface area contributed by atoms with E-state index in [2.05, 4.69) is 13.8 Å². The fourth-order valence-electron chi connectivity index (χ4n) is 6.11. The molecule has 0 heterocycles. The number of carboxylic acids is 1. The molecular weight excluding hydrogens is 351 g/mol. The van der Waals surface area contributed by atoms with Crippen LogP contribution in [0, 0.1) is 35.4 Å². The van der Waals surface area contributed by atoms with Crippen molar-refractivity contribution in [1.82, 2.24) is 0 Å². The van der Waals surface area contributed by atoms with Gasteiger partial charge >= 0.3 is 6.16 Å². The van der Waals surface area contributed by atoms with E-state index in [0.29, 0.717) is 11.8 Å². The Morgan fingerprint density at radius 3 is 2.22 bits per heavy atom. The van der Waals surface area contributed by atoms with Gasteiger partial charge in [0.05, 0.1) is 5.97 Å². The van der Waals surface area contributed by atoms with E-state index in [0.717, 1.165) is 55.7 Å². The van der Waals surface area contributed by atoms with Gasteiger partial charge in [0, 0.05) is 5.56 Å².